The van der Waals surface area contributed by atoms with E-state index >= 15 is 0 Å². The molecular weight excluding hydrogens is 316 g/mol. The van der Waals surface area contributed by atoms with Gasteiger partial charge in [-0.2, -0.15) is 5.10 Å². The second-order valence-electron chi connectivity index (χ2n) is 7.47. The smallest absolute Gasteiger partial charge is 0.230 e. The summed E-state index contributed by atoms with van der Waals surface area (Å²) in [7, 11) is 3.90. The lowest BCUT2D eigenvalue weighted by Crippen LogP contribution is -2.43. The minimum absolute atomic E-state index is 0.132. The molecule has 1 amide bonds. The van der Waals surface area contributed by atoms with Crippen molar-refractivity contribution in [2.75, 3.05) is 13.1 Å². The van der Waals surface area contributed by atoms with Crippen LogP contribution in [-0.2, 0) is 32.0 Å². The number of nitrogens with one attached hydrogen (secondary N) is 1. The van der Waals surface area contributed by atoms with Gasteiger partial charge in [0, 0.05) is 52.0 Å². The molecule has 0 saturated heterocycles. The van der Waals surface area contributed by atoms with Crippen molar-refractivity contribution >= 4 is 5.91 Å². The second kappa shape index (κ2) is 6.63. The van der Waals surface area contributed by atoms with Gasteiger partial charge in [-0.15, -0.1) is 0 Å². The van der Waals surface area contributed by atoms with Crippen molar-refractivity contribution in [1.29, 1.82) is 0 Å². The normalized spacial score (nSPS) is 21.0. The van der Waals surface area contributed by atoms with E-state index in [1.807, 2.05) is 42.1 Å². The third-order valence-electron chi connectivity index (χ3n) is 5.48. The van der Waals surface area contributed by atoms with Crippen molar-refractivity contribution in [1.82, 2.24) is 29.5 Å². The molecule has 4 rings (SSSR count). The summed E-state index contributed by atoms with van der Waals surface area (Å²) in [4.78, 5) is 19.7. The van der Waals surface area contributed by atoms with Gasteiger partial charge in [0.1, 0.15) is 0 Å². The van der Waals surface area contributed by atoms with Crippen LogP contribution in [0.25, 0.3) is 0 Å². The molecule has 2 aliphatic rings. The van der Waals surface area contributed by atoms with Crippen LogP contribution in [0.5, 0.6) is 0 Å². The van der Waals surface area contributed by atoms with Gasteiger partial charge < -0.3 is 9.88 Å². The fourth-order valence-electron chi connectivity index (χ4n) is 3.88. The molecule has 0 aromatic carbocycles. The van der Waals surface area contributed by atoms with Gasteiger partial charge in [-0.05, 0) is 18.8 Å². The number of hydrogen-bond donors (Lipinski definition) is 1. The monoisotopic (exact) mass is 342 g/mol. The van der Waals surface area contributed by atoms with E-state index < -0.39 is 0 Å². The summed E-state index contributed by atoms with van der Waals surface area (Å²) in [5.41, 5.74) is 3.24. The van der Waals surface area contributed by atoms with E-state index in [1.54, 1.807) is 0 Å². The molecule has 25 heavy (non-hydrogen) atoms. The Morgan fingerprint density at radius 2 is 2.20 bits per heavy atom. The molecule has 1 aliphatic heterocycles. The molecule has 7 nitrogen and oxygen atoms in total. The zero-order valence-electron chi connectivity index (χ0n) is 15.0. The largest absolute Gasteiger partial charge is 0.355 e. The first-order valence-electron chi connectivity index (χ1n) is 9.08. The lowest BCUT2D eigenvalue weighted by atomic mass is 9.85. The Kier molecular flexibility index (Phi) is 4.33. The highest BCUT2D eigenvalue weighted by Gasteiger charge is 2.34. The van der Waals surface area contributed by atoms with Gasteiger partial charge in [-0.1, -0.05) is 6.42 Å². The second-order valence-corrected chi connectivity index (χ2v) is 7.47. The number of imidazole rings is 1. The fraction of sp³-hybridized carbons (Fsp3) is 0.611. The number of fused-ring (bicyclic) bond motifs is 1. The molecule has 2 aromatic rings. The molecule has 0 spiro atoms. The van der Waals surface area contributed by atoms with Crippen LogP contribution in [0.2, 0.25) is 0 Å². The lowest BCUT2D eigenvalue weighted by Gasteiger charge is -2.33. The summed E-state index contributed by atoms with van der Waals surface area (Å²) in [6.07, 6.45) is 9.53. The zero-order valence-corrected chi connectivity index (χ0v) is 15.0. The number of aromatic nitrogens is 4. The van der Waals surface area contributed by atoms with Gasteiger partial charge in [0.05, 0.1) is 29.8 Å². The number of carbonyl (C=O) groups is 1. The molecule has 7 heteroatoms. The van der Waals surface area contributed by atoms with Crippen molar-refractivity contribution in [3.63, 3.8) is 0 Å². The summed E-state index contributed by atoms with van der Waals surface area (Å²) in [5.74, 6) is 0.644. The SMILES string of the molecule is Cn1cc(CN2Cc3ncn(C)c3C(C(=O)NCC3CCC3)C2)cn1. The number of rotatable bonds is 5. The molecule has 3 heterocycles. The first-order chi connectivity index (χ1) is 12.1. The van der Waals surface area contributed by atoms with E-state index in [2.05, 4.69) is 20.3 Å². The van der Waals surface area contributed by atoms with Crippen LogP contribution < -0.4 is 5.32 Å². The van der Waals surface area contributed by atoms with Crippen LogP contribution in [0, 0.1) is 5.92 Å². The predicted molar refractivity (Wildman–Crippen MR) is 93.6 cm³/mol. The van der Waals surface area contributed by atoms with Crippen LogP contribution in [0.15, 0.2) is 18.7 Å². The maximum Gasteiger partial charge on any atom is 0.230 e. The number of aryl methyl sites for hydroxylation is 2. The van der Waals surface area contributed by atoms with Crippen molar-refractivity contribution in [3.8, 4) is 0 Å². The Morgan fingerprint density at radius 3 is 2.88 bits per heavy atom. The number of amides is 1. The van der Waals surface area contributed by atoms with E-state index in [9.17, 15) is 4.79 Å². The summed E-state index contributed by atoms with van der Waals surface area (Å²) in [5, 5.41) is 7.42. The zero-order chi connectivity index (χ0) is 17.4. The maximum atomic E-state index is 12.9. The Labute approximate surface area is 148 Å². The van der Waals surface area contributed by atoms with Gasteiger partial charge in [0.15, 0.2) is 0 Å². The highest BCUT2D eigenvalue weighted by molar-refractivity contribution is 5.84. The Morgan fingerprint density at radius 1 is 1.36 bits per heavy atom. The molecule has 2 aromatic heterocycles. The average molecular weight is 342 g/mol. The molecule has 0 bridgehead atoms. The molecule has 1 saturated carbocycles. The minimum atomic E-state index is -0.159. The quantitative estimate of drug-likeness (QED) is 0.886. The molecule has 1 atom stereocenters. The maximum absolute atomic E-state index is 12.9. The molecule has 134 valence electrons. The third kappa shape index (κ3) is 3.33. The van der Waals surface area contributed by atoms with Gasteiger partial charge in [0.2, 0.25) is 5.91 Å². The van der Waals surface area contributed by atoms with E-state index in [4.69, 9.17) is 0 Å². The van der Waals surface area contributed by atoms with Gasteiger partial charge >= 0.3 is 0 Å². The van der Waals surface area contributed by atoms with Crippen LogP contribution >= 0.6 is 0 Å². The Bertz CT molecular complexity index is 759. The Balaban J connectivity index is 1.49. The Hall–Kier alpha value is -2.15. The van der Waals surface area contributed by atoms with Gasteiger partial charge in [0.25, 0.3) is 0 Å². The fourth-order valence-corrected chi connectivity index (χ4v) is 3.88. The number of nitrogens with zero attached hydrogens (tertiary/aromatic N) is 5. The van der Waals surface area contributed by atoms with Crippen molar-refractivity contribution in [3.05, 3.63) is 35.7 Å². The number of carbonyl (C=O) groups excluding carboxylic acids is 1. The molecule has 1 fully saturated rings. The van der Waals surface area contributed by atoms with Gasteiger partial charge in [-0.25, -0.2) is 4.98 Å². The lowest BCUT2D eigenvalue weighted by molar-refractivity contribution is -0.123. The molecule has 0 radical (unpaired) electrons. The summed E-state index contributed by atoms with van der Waals surface area (Å²) < 4.78 is 3.82. The third-order valence-corrected chi connectivity index (χ3v) is 5.48. The first kappa shape index (κ1) is 16.3. The van der Waals surface area contributed by atoms with Crippen molar-refractivity contribution in [2.45, 2.75) is 38.3 Å². The van der Waals surface area contributed by atoms with E-state index in [1.165, 1.54) is 19.3 Å². The first-order valence-corrected chi connectivity index (χ1v) is 9.08. The summed E-state index contributed by atoms with van der Waals surface area (Å²) >= 11 is 0. The van der Waals surface area contributed by atoms with Crippen molar-refractivity contribution in [2.24, 2.45) is 20.0 Å². The van der Waals surface area contributed by atoms with Crippen LogP contribution in [0.1, 0.15) is 42.1 Å². The molecule has 1 aliphatic carbocycles. The van der Waals surface area contributed by atoms with Crippen LogP contribution in [0.4, 0.5) is 0 Å². The van der Waals surface area contributed by atoms with Gasteiger partial charge in [-0.3, -0.25) is 14.4 Å². The average Bonchev–Trinajstić information content (AvgIpc) is 3.11. The van der Waals surface area contributed by atoms with E-state index in [0.717, 1.165) is 43.1 Å². The topological polar surface area (TPSA) is 68.0 Å². The minimum Gasteiger partial charge on any atom is -0.355 e. The van der Waals surface area contributed by atoms with Crippen LogP contribution in [0.3, 0.4) is 0 Å². The highest BCUT2D eigenvalue weighted by Crippen LogP contribution is 2.29. The standard InChI is InChI=1S/C18H26N6O/c1-22-12-20-16-11-24(9-14-7-21-23(2)8-14)10-15(17(16)22)18(25)19-6-13-4-3-5-13/h7-8,12-13,15H,3-6,9-11H2,1-2H3,(H,19,25). The number of hydrogen-bond acceptors (Lipinski definition) is 4. The van der Waals surface area contributed by atoms with E-state index in [-0.39, 0.29) is 11.8 Å². The van der Waals surface area contributed by atoms with Crippen LogP contribution in [-0.4, -0.2) is 43.2 Å². The molecule has 1 N–H and O–H groups in total. The van der Waals surface area contributed by atoms with E-state index in [0.29, 0.717) is 5.92 Å². The summed E-state index contributed by atoms with van der Waals surface area (Å²) in [6.45, 7) is 3.09. The molecule has 1 unspecified atom stereocenters. The molecular formula is C18H26N6O. The summed E-state index contributed by atoms with van der Waals surface area (Å²) in [6, 6.07) is 0. The highest BCUT2D eigenvalue weighted by atomic mass is 16.1. The van der Waals surface area contributed by atoms with Crippen molar-refractivity contribution < 1.29 is 4.79 Å². The predicted octanol–water partition coefficient (Wildman–Crippen LogP) is 1.17.